The van der Waals surface area contributed by atoms with Gasteiger partial charge in [0.05, 0.1) is 22.8 Å². The van der Waals surface area contributed by atoms with Gasteiger partial charge in [-0.05, 0) is 49.8 Å². The number of aryl methyl sites for hydroxylation is 1. The number of nitrogens with zero attached hydrogens (tertiary/aromatic N) is 3. The number of aliphatic imine (C=N–C) groups is 1. The number of hydrogen-bond donors (Lipinski definition) is 0. The van der Waals surface area contributed by atoms with Crippen LogP contribution in [0.15, 0.2) is 53.7 Å². The molecular formula is C16H17N3. The summed E-state index contributed by atoms with van der Waals surface area (Å²) in [6.45, 7) is 4.03. The summed E-state index contributed by atoms with van der Waals surface area (Å²) in [7, 11) is 1.78. The Morgan fingerprint density at radius 2 is 2.05 bits per heavy atom. The molecule has 0 aliphatic rings. The first kappa shape index (κ1) is 13.1. The lowest BCUT2D eigenvalue weighted by atomic mass is 10.1. The van der Waals surface area contributed by atoms with E-state index in [4.69, 9.17) is 0 Å². The summed E-state index contributed by atoms with van der Waals surface area (Å²) >= 11 is 0. The van der Waals surface area contributed by atoms with Gasteiger partial charge in [-0.15, -0.1) is 0 Å². The number of allylic oxidation sites excluding steroid dienone is 2. The summed E-state index contributed by atoms with van der Waals surface area (Å²) < 4.78 is 0. The fourth-order valence-corrected chi connectivity index (χ4v) is 1.88. The topological polar surface area (TPSA) is 38.1 Å². The summed E-state index contributed by atoms with van der Waals surface area (Å²) in [6.07, 6.45) is 5.70. The van der Waals surface area contributed by atoms with Crippen LogP contribution in [0.25, 0.3) is 11.4 Å². The first-order valence-corrected chi connectivity index (χ1v) is 6.24. The third-order valence-electron chi connectivity index (χ3n) is 2.72. The van der Waals surface area contributed by atoms with Crippen molar-refractivity contribution < 1.29 is 0 Å². The Bertz CT molecular complexity index is 613. The van der Waals surface area contributed by atoms with Crippen LogP contribution in [0.1, 0.15) is 18.2 Å². The van der Waals surface area contributed by atoms with E-state index >= 15 is 0 Å². The molecule has 0 bridgehead atoms. The van der Waals surface area contributed by atoms with Crippen molar-refractivity contribution >= 4 is 5.71 Å². The smallest absolute Gasteiger partial charge is 0.0896 e. The second-order valence-electron chi connectivity index (χ2n) is 4.24. The van der Waals surface area contributed by atoms with Gasteiger partial charge in [-0.25, -0.2) is 4.98 Å². The fraction of sp³-hybridized carbons (Fsp3) is 0.188. The SMILES string of the molecule is C/C=C\C(=NC)c1cc(C)cc(-c2ccccn2)n1. The van der Waals surface area contributed by atoms with Crippen molar-refractivity contribution in [2.24, 2.45) is 4.99 Å². The van der Waals surface area contributed by atoms with Crippen LogP contribution < -0.4 is 0 Å². The highest BCUT2D eigenvalue weighted by molar-refractivity contribution is 6.07. The van der Waals surface area contributed by atoms with Crippen molar-refractivity contribution in [3.63, 3.8) is 0 Å². The molecule has 0 aliphatic heterocycles. The molecule has 0 unspecified atom stereocenters. The standard InChI is InChI=1S/C16H17N3/c1-4-7-13(17-3)15-10-12(2)11-16(19-15)14-8-5-6-9-18-14/h4-11H,1-3H3/b7-4-,17-13?. The van der Waals surface area contributed by atoms with Crippen LogP contribution >= 0.6 is 0 Å². The molecule has 3 nitrogen and oxygen atoms in total. The highest BCUT2D eigenvalue weighted by atomic mass is 14.8. The summed E-state index contributed by atoms with van der Waals surface area (Å²) in [6, 6.07) is 9.90. The van der Waals surface area contributed by atoms with Crippen LogP contribution in [0.4, 0.5) is 0 Å². The highest BCUT2D eigenvalue weighted by Gasteiger charge is 2.06. The molecule has 2 rings (SSSR count). The molecule has 0 N–H and O–H groups in total. The molecule has 0 spiro atoms. The minimum absolute atomic E-state index is 0.876. The van der Waals surface area contributed by atoms with Crippen molar-refractivity contribution in [3.05, 3.63) is 59.9 Å². The Labute approximate surface area is 113 Å². The molecule has 0 atom stereocenters. The van der Waals surface area contributed by atoms with Gasteiger partial charge >= 0.3 is 0 Å². The third kappa shape index (κ3) is 3.13. The zero-order valence-electron chi connectivity index (χ0n) is 11.5. The molecule has 0 aliphatic carbocycles. The molecule has 0 saturated heterocycles. The van der Waals surface area contributed by atoms with Crippen molar-refractivity contribution in [2.75, 3.05) is 7.05 Å². The van der Waals surface area contributed by atoms with Crippen LogP contribution in [0.3, 0.4) is 0 Å². The van der Waals surface area contributed by atoms with E-state index < -0.39 is 0 Å². The first-order valence-electron chi connectivity index (χ1n) is 6.24. The van der Waals surface area contributed by atoms with Gasteiger partial charge in [-0.2, -0.15) is 0 Å². The lowest BCUT2D eigenvalue weighted by Gasteiger charge is -2.06. The molecule has 0 aromatic carbocycles. The Hall–Kier alpha value is -2.29. The fourth-order valence-electron chi connectivity index (χ4n) is 1.88. The highest BCUT2D eigenvalue weighted by Crippen LogP contribution is 2.17. The number of aromatic nitrogens is 2. The van der Waals surface area contributed by atoms with E-state index in [1.807, 2.05) is 49.4 Å². The monoisotopic (exact) mass is 251 g/mol. The van der Waals surface area contributed by atoms with Crippen LogP contribution in [0.5, 0.6) is 0 Å². The van der Waals surface area contributed by atoms with Crippen LogP contribution in [0, 0.1) is 6.92 Å². The molecule has 96 valence electrons. The van der Waals surface area contributed by atoms with Gasteiger partial charge < -0.3 is 0 Å². The van der Waals surface area contributed by atoms with Gasteiger partial charge in [0, 0.05) is 13.2 Å². The Kier molecular flexibility index (Phi) is 4.18. The largest absolute Gasteiger partial charge is 0.286 e. The zero-order valence-corrected chi connectivity index (χ0v) is 11.5. The van der Waals surface area contributed by atoms with Crippen molar-refractivity contribution in [2.45, 2.75) is 13.8 Å². The molecule has 0 fully saturated rings. The Morgan fingerprint density at radius 3 is 2.68 bits per heavy atom. The minimum Gasteiger partial charge on any atom is -0.286 e. The van der Waals surface area contributed by atoms with Crippen LogP contribution in [-0.4, -0.2) is 22.7 Å². The van der Waals surface area contributed by atoms with E-state index in [0.29, 0.717) is 0 Å². The van der Waals surface area contributed by atoms with Crippen molar-refractivity contribution in [3.8, 4) is 11.4 Å². The van der Waals surface area contributed by atoms with Crippen molar-refractivity contribution in [1.82, 2.24) is 9.97 Å². The molecule has 2 aromatic rings. The number of rotatable bonds is 3. The molecule has 19 heavy (non-hydrogen) atoms. The molecule has 2 heterocycles. The maximum Gasteiger partial charge on any atom is 0.0896 e. The lowest BCUT2D eigenvalue weighted by Crippen LogP contribution is -2.02. The van der Waals surface area contributed by atoms with E-state index in [9.17, 15) is 0 Å². The summed E-state index contributed by atoms with van der Waals surface area (Å²) in [5.41, 5.74) is 4.66. The molecule has 0 radical (unpaired) electrons. The zero-order chi connectivity index (χ0) is 13.7. The summed E-state index contributed by atoms with van der Waals surface area (Å²) in [4.78, 5) is 13.3. The van der Waals surface area contributed by atoms with Crippen LogP contribution in [-0.2, 0) is 0 Å². The van der Waals surface area contributed by atoms with Crippen molar-refractivity contribution in [1.29, 1.82) is 0 Å². The van der Waals surface area contributed by atoms with Gasteiger partial charge in [0.1, 0.15) is 0 Å². The predicted molar refractivity (Wildman–Crippen MR) is 79.5 cm³/mol. The number of pyridine rings is 2. The average molecular weight is 251 g/mol. The first-order chi connectivity index (χ1) is 9.24. The third-order valence-corrected chi connectivity index (χ3v) is 2.72. The van der Waals surface area contributed by atoms with Gasteiger partial charge in [-0.1, -0.05) is 12.1 Å². The molecule has 0 amide bonds. The maximum absolute atomic E-state index is 4.65. The van der Waals surface area contributed by atoms with Gasteiger partial charge in [0.25, 0.3) is 0 Å². The quantitative estimate of drug-likeness (QED) is 0.784. The minimum atomic E-state index is 0.876. The van der Waals surface area contributed by atoms with E-state index in [-0.39, 0.29) is 0 Å². The Balaban J connectivity index is 2.52. The second-order valence-corrected chi connectivity index (χ2v) is 4.24. The van der Waals surface area contributed by atoms with Gasteiger partial charge in [-0.3, -0.25) is 9.98 Å². The number of hydrogen-bond acceptors (Lipinski definition) is 3. The molecular weight excluding hydrogens is 234 g/mol. The normalized spacial score (nSPS) is 12.1. The lowest BCUT2D eigenvalue weighted by molar-refractivity contribution is 1.21. The molecule has 2 aromatic heterocycles. The molecule has 3 heteroatoms. The maximum atomic E-state index is 4.65. The van der Waals surface area contributed by atoms with E-state index in [1.54, 1.807) is 13.2 Å². The van der Waals surface area contributed by atoms with Crippen LogP contribution in [0.2, 0.25) is 0 Å². The van der Waals surface area contributed by atoms with E-state index in [0.717, 1.165) is 28.4 Å². The second kappa shape index (κ2) is 6.05. The molecule has 0 saturated carbocycles. The van der Waals surface area contributed by atoms with E-state index in [1.165, 1.54) is 0 Å². The summed E-state index contributed by atoms with van der Waals surface area (Å²) in [5, 5.41) is 0. The predicted octanol–water partition coefficient (Wildman–Crippen LogP) is 3.45. The van der Waals surface area contributed by atoms with Gasteiger partial charge in [0.15, 0.2) is 0 Å². The average Bonchev–Trinajstić information content (AvgIpc) is 2.45. The Morgan fingerprint density at radius 1 is 1.21 bits per heavy atom. The summed E-state index contributed by atoms with van der Waals surface area (Å²) in [5.74, 6) is 0. The van der Waals surface area contributed by atoms with Gasteiger partial charge in [0.2, 0.25) is 0 Å². The van der Waals surface area contributed by atoms with E-state index in [2.05, 4.69) is 21.9 Å².